The van der Waals surface area contributed by atoms with Crippen LogP contribution in [0.3, 0.4) is 0 Å². The molecule has 7 nitrogen and oxygen atoms in total. The van der Waals surface area contributed by atoms with Crippen molar-refractivity contribution in [1.82, 2.24) is 16.0 Å². The molecule has 1 aromatic rings. The SMILES string of the molecule is CCNC(=NCc1cc(OC)ccc1OC(F)F)NCC(=O)NC(C)(C)C.I. The zero-order valence-electron chi connectivity index (χ0n) is 16.8. The first kappa shape index (κ1) is 26.1. The number of methoxy groups -OCH3 is 1. The monoisotopic (exact) mass is 514 g/mol. The number of rotatable bonds is 8. The van der Waals surface area contributed by atoms with Gasteiger partial charge in [-0.3, -0.25) is 4.79 Å². The summed E-state index contributed by atoms with van der Waals surface area (Å²) >= 11 is 0. The Labute approximate surface area is 181 Å². The van der Waals surface area contributed by atoms with Crippen molar-refractivity contribution in [3.63, 3.8) is 0 Å². The van der Waals surface area contributed by atoms with E-state index >= 15 is 0 Å². The van der Waals surface area contributed by atoms with E-state index in [1.165, 1.54) is 19.2 Å². The highest BCUT2D eigenvalue weighted by Gasteiger charge is 2.14. The normalized spacial score (nSPS) is 11.5. The van der Waals surface area contributed by atoms with Crippen molar-refractivity contribution >= 4 is 35.8 Å². The Morgan fingerprint density at radius 2 is 1.93 bits per heavy atom. The third kappa shape index (κ3) is 10.5. The van der Waals surface area contributed by atoms with Crippen molar-refractivity contribution in [2.75, 3.05) is 20.2 Å². The minimum absolute atomic E-state index is 0. The Bertz CT molecular complexity index is 652. The molecule has 3 N–H and O–H groups in total. The van der Waals surface area contributed by atoms with Crippen LogP contribution in [-0.4, -0.2) is 44.2 Å². The van der Waals surface area contributed by atoms with Gasteiger partial charge in [-0.25, -0.2) is 4.99 Å². The topological polar surface area (TPSA) is 84.0 Å². The molecule has 0 aliphatic heterocycles. The quantitative estimate of drug-likeness (QED) is 0.283. The van der Waals surface area contributed by atoms with Crippen LogP contribution < -0.4 is 25.4 Å². The summed E-state index contributed by atoms with van der Waals surface area (Å²) in [6.07, 6.45) is 0. The molecule has 0 aromatic heterocycles. The number of ether oxygens (including phenoxy) is 2. The fourth-order valence-electron chi connectivity index (χ4n) is 2.15. The zero-order valence-corrected chi connectivity index (χ0v) is 19.1. The second-order valence-electron chi connectivity index (χ2n) is 6.70. The van der Waals surface area contributed by atoms with E-state index in [1.807, 2.05) is 27.7 Å². The molecule has 1 rings (SSSR count). The average Bonchev–Trinajstić information content (AvgIpc) is 2.56. The fraction of sp³-hybridized carbons (Fsp3) is 0.556. The van der Waals surface area contributed by atoms with Gasteiger partial charge >= 0.3 is 6.61 Å². The number of aliphatic imine (C=N–C) groups is 1. The van der Waals surface area contributed by atoms with Crippen LogP contribution in [0.25, 0.3) is 0 Å². The Hall–Kier alpha value is -1.85. The van der Waals surface area contributed by atoms with Crippen molar-refractivity contribution in [3.8, 4) is 11.5 Å². The Balaban J connectivity index is 0.00000729. The van der Waals surface area contributed by atoms with Crippen LogP contribution >= 0.6 is 24.0 Å². The van der Waals surface area contributed by atoms with E-state index in [-0.39, 0.29) is 54.3 Å². The maximum absolute atomic E-state index is 12.6. The van der Waals surface area contributed by atoms with E-state index in [4.69, 9.17) is 4.74 Å². The van der Waals surface area contributed by atoms with Gasteiger partial charge in [0, 0.05) is 17.6 Å². The molecule has 1 aromatic carbocycles. The largest absolute Gasteiger partial charge is 0.497 e. The molecule has 0 unspecified atom stereocenters. The van der Waals surface area contributed by atoms with Crippen molar-refractivity contribution in [3.05, 3.63) is 23.8 Å². The lowest BCUT2D eigenvalue weighted by molar-refractivity contribution is -0.121. The van der Waals surface area contributed by atoms with Gasteiger partial charge in [0.05, 0.1) is 20.2 Å². The smallest absolute Gasteiger partial charge is 0.387 e. The summed E-state index contributed by atoms with van der Waals surface area (Å²) in [6, 6.07) is 4.52. The number of guanidine groups is 1. The van der Waals surface area contributed by atoms with Crippen LogP contribution in [0, 0.1) is 0 Å². The molecule has 0 spiro atoms. The van der Waals surface area contributed by atoms with Gasteiger partial charge in [-0.2, -0.15) is 8.78 Å². The van der Waals surface area contributed by atoms with Crippen molar-refractivity contribution in [2.24, 2.45) is 4.99 Å². The number of hydrogen-bond donors (Lipinski definition) is 3. The third-order valence-corrected chi connectivity index (χ3v) is 3.17. The summed E-state index contributed by atoms with van der Waals surface area (Å²) < 4.78 is 34.8. The van der Waals surface area contributed by atoms with Crippen LogP contribution in [0.1, 0.15) is 33.3 Å². The van der Waals surface area contributed by atoms with Gasteiger partial charge < -0.3 is 25.4 Å². The molecule has 0 fully saturated rings. The molecule has 0 aliphatic carbocycles. The summed E-state index contributed by atoms with van der Waals surface area (Å²) in [6.45, 7) is 5.27. The van der Waals surface area contributed by atoms with Crippen molar-refractivity contribution in [2.45, 2.75) is 46.4 Å². The van der Waals surface area contributed by atoms with E-state index in [1.54, 1.807) is 6.07 Å². The van der Waals surface area contributed by atoms with Crippen LogP contribution in [-0.2, 0) is 11.3 Å². The number of amides is 1. The first-order valence-electron chi connectivity index (χ1n) is 8.59. The molecular formula is C18H29F2IN4O3. The van der Waals surface area contributed by atoms with Gasteiger partial charge in [0.25, 0.3) is 0 Å². The maximum Gasteiger partial charge on any atom is 0.387 e. The molecule has 0 bridgehead atoms. The standard InChI is InChI=1S/C18H28F2N4O3.HI/c1-6-21-17(23-11-15(25)24-18(2,3)4)22-10-12-9-13(26-5)7-8-14(12)27-16(19)20;/h7-9,16H,6,10-11H2,1-5H3,(H,24,25)(H2,21,22,23);1H. The van der Waals surface area contributed by atoms with Crippen LogP contribution in [0.15, 0.2) is 23.2 Å². The van der Waals surface area contributed by atoms with E-state index in [9.17, 15) is 13.6 Å². The molecule has 10 heteroatoms. The predicted octanol–water partition coefficient (Wildman–Crippen LogP) is 2.88. The van der Waals surface area contributed by atoms with Gasteiger partial charge in [0.2, 0.25) is 5.91 Å². The molecule has 160 valence electrons. The number of hydrogen-bond acceptors (Lipinski definition) is 4. The summed E-state index contributed by atoms with van der Waals surface area (Å²) in [5.74, 6) is 0.726. The molecule has 0 radical (unpaired) electrons. The Morgan fingerprint density at radius 3 is 2.46 bits per heavy atom. The minimum atomic E-state index is -2.94. The van der Waals surface area contributed by atoms with Crippen molar-refractivity contribution < 1.29 is 23.0 Å². The maximum atomic E-state index is 12.6. The lowest BCUT2D eigenvalue weighted by atomic mass is 10.1. The van der Waals surface area contributed by atoms with E-state index in [2.05, 4.69) is 25.7 Å². The molecule has 0 saturated carbocycles. The lowest BCUT2D eigenvalue weighted by Crippen LogP contribution is -2.48. The van der Waals surface area contributed by atoms with Gasteiger partial charge in [-0.15, -0.1) is 24.0 Å². The first-order chi connectivity index (χ1) is 12.6. The van der Waals surface area contributed by atoms with E-state index in [0.717, 1.165) is 0 Å². The second kappa shape index (κ2) is 12.6. The van der Waals surface area contributed by atoms with Gasteiger partial charge in [-0.1, -0.05) is 0 Å². The van der Waals surface area contributed by atoms with Gasteiger partial charge in [0.1, 0.15) is 11.5 Å². The van der Waals surface area contributed by atoms with Crippen molar-refractivity contribution in [1.29, 1.82) is 0 Å². The number of nitrogens with zero attached hydrogens (tertiary/aromatic N) is 1. The fourth-order valence-corrected chi connectivity index (χ4v) is 2.15. The lowest BCUT2D eigenvalue weighted by Gasteiger charge is -2.21. The number of nitrogens with one attached hydrogen (secondary N) is 3. The average molecular weight is 514 g/mol. The number of carbonyl (C=O) groups excluding carboxylic acids is 1. The predicted molar refractivity (Wildman–Crippen MR) is 116 cm³/mol. The summed E-state index contributed by atoms with van der Waals surface area (Å²) in [5.41, 5.74) is 0.0992. The molecule has 0 saturated heterocycles. The first-order valence-corrected chi connectivity index (χ1v) is 8.59. The summed E-state index contributed by atoms with van der Waals surface area (Å²) in [5, 5.41) is 8.74. The van der Waals surface area contributed by atoms with Crippen LogP contribution in [0.2, 0.25) is 0 Å². The molecule has 1 amide bonds. The molecule has 0 atom stereocenters. The summed E-state index contributed by atoms with van der Waals surface area (Å²) in [4.78, 5) is 16.3. The molecule has 0 heterocycles. The molecular weight excluding hydrogens is 485 g/mol. The highest BCUT2D eigenvalue weighted by molar-refractivity contribution is 14.0. The van der Waals surface area contributed by atoms with Crippen LogP contribution in [0.5, 0.6) is 11.5 Å². The number of carbonyl (C=O) groups is 1. The van der Waals surface area contributed by atoms with Gasteiger partial charge in [0.15, 0.2) is 5.96 Å². The Morgan fingerprint density at radius 1 is 1.25 bits per heavy atom. The number of alkyl halides is 2. The number of halogens is 3. The van der Waals surface area contributed by atoms with E-state index in [0.29, 0.717) is 23.8 Å². The third-order valence-electron chi connectivity index (χ3n) is 3.17. The Kier molecular flexibility index (Phi) is 11.7. The second-order valence-corrected chi connectivity index (χ2v) is 6.70. The minimum Gasteiger partial charge on any atom is -0.497 e. The molecule has 0 aliphatic rings. The molecule has 28 heavy (non-hydrogen) atoms. The highest BCUT2D eigenvalue weighted by atomic mass is 127. The zero-order chi connectivity index (χ0) is 20.4. The van der Waals surface area contributed by atoms with Crippen LogP contribution in [0.4, 0.5) is 8.78 Å². The summed E-state index contributed by atoms with van der Waals surface area (Å²) in [7, 11) is 1.48. The van der Waals surface area contributed by atoms with Gasteiger partial charge in [-0.05, 0) is 45.9 Å². The highest BCUT2D eigenvalue weighted by Crippen LogP contribution is 2.26. The number of benzene rings is 1. The van der Waals surface area contributed by atoms with E-state index < -0.39 is 6.61 Å².